The third-order valence-electron chi connectivity index (χ3n) is 8.62. The lowest BCUT2D eigenvalue weighted by Gasteiger charge is -2.37. The van der Waals surface area contributed by atoms with Gasteiger partial charge in [-0.1, -0.05) is 0 Å². The number of nitrogens with one attached hydrogen (secondary N) is 2. The number of benzene rings is 1. The molecule has 1 saturated carbocycles. The fraction of sp³-hybridized carbons (Fsp3) is 0.464. The number of anilines is 3. The molecule has 2 saturated heterocycles. The molecule has 4 aliphatic rings. The van der Waals surface area contributed by atoms with Gasteiger partial charge >= 0.3 is 6.03 Å². The van der Waals surface area contributed by atoms with Gasteiger partial charge in [-0.3, -0.25) is 14.6 Å². The smallest absolute Gasteiger partial charge is 0.327 e. The SMILES string of the molecule is CCN1C(=O)Nc2c(F)c(CN3CCN(c4ccc(C(=O)NC5[C@H]6COC[C@@H]56)nc4C)CC3)cc3ncnc1c23. The number of fused-ring (bicyclic) bond motifs is 1. The summed E-state index contributed by atoms with van der Waals surface area (Å²) < 4.78 is 21.1. The summed E-state index contributed by atoms with van der Waals surface area (Å²) in [6, 6.07) is 5.34. The fourth-order valence-corrected chi connectivity index (χ4v) is 6.32. The van der Waals surface area contributed by atoms with Crippen molar-refractivity contribution in [2.45, 2.75) is 26.4 Å². The van der Waals surface area contributed by atoms with Gasteiger partial charge in [0.2, 0.25) is 0 Å². The van der Waals surface area contributed by atoms with Gasteiger partial charge in [-0.05, 0) is 32.0 Å². The van der Waals surface area contributed by atoms with E-state index < -0.39 is 11.8 Å². The highest BCUT2D eigenvalue weighted by Gasteiger charge is 2.54. The number of carbonyl (C=O) groups excluding carboxylic acids is 2. The normalized spacial score (nSPS) is 23.8. The zero-order valence-electron chi connectivity index (χ0n) is 22.5. The first kappa shape index (κ1) is 25.1. The number of amides is 3. The first-order chi connectivity index (χ1) is 19.4. The number of nitrogens with zero attached hydrogens (tertiary/aromatic N) is 6. The molecule has 2 aromatic heterocycles. The summed E-state index contributed by atoms with van der Waals surface area (Å²) in [6.07, 6.45) is 1.42. The van der Waals surface area contributed by atoms with Crippen LogP contribution in [0, 0.1) is 24.6 Å². The third kappa shape index (κ3) is 4.13. The average Bonchev–Trinajstić information content (AvgIpc) is 3.35. The van der Waals surface area contributed by atoms with Gasteiger partial charge in [-0.2, -0.15) is 0 Å². The van der Waals surface area contributed by atoms with Crippen LogP contribution in [0.15, 0.2) is 24.5 Å². The Bertz CT molecular complexity index is 1520. The molecule has 12 heteroatoms. The molecule has 2 N–H and O–H groups in total. The molecule has 3 atom stereocenters. The lowest BCUT2D eigenvalue weighted by atomic mass is 10.1. The quantitative estimate of drug-likeness (QED) is 0.485. The average molecular weight is 547 g/mol. The second-order valence-corrected chi connectivity index (χ2v) is 10.9. The highest BCUT2D eigenvalue weighted by atomic mass is 19.1. The molecule has 3 aromatic rings. The van der Waals surface area contributed by atoms with Crippen LogP contribution in [0.3, 0.4) is 0 Å². The van der Waals surface area contributed by atoms with E-state index in [0.29, 0.717) is 52.9 Å². The Balaban J connectivity index is 1.02. The van der Waals surface area contributed by atoms with Gasteiger partial charge in [-0.15, -0.1) is 0 Å². The lowest BCUT2D eigenvalue weighted by Crippen LogP contribution is -2.46. The summed E-state index contributed by atoms with van der Waals surface area (Å²) in [4.78, 5) is 44.4. The van der Waals surface area contributed by atoms with E-state index >= 15 is 4.39 Å². The standard InChI is InChI=1S/C28H31FN8O3/c1-3-37-26-22-20(30-14-31-26)10-16(23(29)25(22)34-28(37)39)11-35-6-8-36(9-7-35)21-5-4-19(32-15(21)2)27(38)33-24-17-12-40-13-18(17)24/h4-5,10,14,17-18,24H,3,6-9,11-13H2,1-2H3,(H,33,38)(H,34,39)/t17-,18+,24?. The Morgan fingerprint density at radius 1 is 1.18 bits per heavy atom. The number of halogens is 1. The van der Waals surface area contributed by atoms with Gasteiger partial charge in [0.25, 0.3) is 5.91 Å². The van der Waals surface area contributed by atoms with Gasteiger partial charge in [0.15, 0.2) is 5.82 Å². The molecular weight excluding hydrogens is 515 g/mol. The largest absolute Gasteiger partial charge is 0.381 e. The van der Waals surface area contributed by atoms with E-state index in [1.54, 1.807) is 12.1 Å². The van der Waals surface area contributed by atoms with E-state index in [9.17, 15) is 9.59 Å². The predicted molar refractivity (Wildman–Crippen MR) is 147 cm³/mol. The van der Waals surface area contributed by atoms with Crippen LogP contribution in [0.4, 0.5) is 26.4 Å². The van der Waals surface area contributed by atoms with Crippen molar-refractivity contribution in [3.63, 3.8) is 0 Å². The molecule has 3 fully saturated rings. The van der Waals surface area contributed by atoms with Crippen molar-refractivity contribution in [1.29, 1.82) is 0 Å². The number of pyridine rings is 1. The third-order valence-corrected chi connectivity index (χ3v) is 8.62. The molecule has 5 heterocycles. The zero-order valence-corrected chi connectivity index (χ0v) is 22.5. The monoisotopic (exact) mass is 546 g/mol. The molecule has 3 aliphatic heterocycles. The van der Waals surface area contributed by atoms with E-state index in [-0.39, 0.29) is 17.6 Å². The van der Waals surface area contributed by atoms with Crippen molar-refractivity contribution in [3.05, 3.63) is 47.3 Å². The van der Waals surface area contributed by atoms with Gasteiger partial charge in [0, 0.05) is 62.7 Å². The molecular formula is C28H31FN8O3. The lowest BCUT2D eigenvalue weighted by molar-refractivity contribution is 0.0923. The number of rotatable bonds is 6. The predicted octanol–water partition coefficient (Wildman–Crippen LogP) is 2.54. The first-order valence-electron chi connectivity index (χ1n) is 13.8. The van der Waals surface area contributed by atoms with E-state index in [2.05, 4.69) is 35.4 Å². The van der Waals surface area contributed by atoms with Crippen LogP contribution in [0.1, 0.15) is 28.7 Å². The van der Waals surface area contributed by atoms with Crippen LogP contribution < -0.4 is 20.4 Å². The topological polar surface area (TPSA) is 116 Å². The minimum absolute atomic E-state index is 0.133. The number of ether oxygens (including phenoxy) is 1. The molecule has 1 aliphatic carbocycles. The molecule has 7 rings (SSSR count). The van der Waals surface area contributed by atoms with Gasteiger partial charge in [0.05, 0.1) is 41.2 Å². The van der Waals surface area contributed by atoms with Crippen LogP contribution >= 0.6 is 0 Å². The highest BCUT2D eigenvalue weighted by Crippen LogP contribution is 2.44. The van der Waals surface area contributed by atoms with Crippen molar-refractivity contribution in [2.75, 3.05) is 61.1 Å². The zero-order chi connectivity index (χ0) is 27.5. The van der Waals surface area contributed by atoms with Crippen LogP contribution in [-0.2, 0) is 11.3 Å². The van der Waals surface area contributed by atoms with Crippen molar-refractivity contribution in [3.8, 4) is 0 Å². The van der Waals surface area contributed by atoms with Crippen LogP contribution in [0.25, 0.3) is 10.9 Å². The summed E-state index contributed by atoms with van der Waals surface area (Å²) >= 11 is 0. The molecule has 208 valence electrons. The van der Waals surface area contributed by atoms with Gasteiger partial charge in [-0.25, -0.2) is 24.1 Å². The fourth-order valence-electron chi connectivity index (χ4n) is 6.32. The van der Waals surface area contributed by atoms with Crippen molar-refractivity contribution in [2.24, 2.45) is 11.8 Å². The van der Waals surface area contributed by atoms with Crippen molar-refractivity contribution in [1.82, 2.24) is 25.2 Å². The molecule has 1 aromatic carbocycles. The van der Waals surface area contributed by atoms with Crippen LogP contribution in [0.5, 0.6) is 0 Å². The molecule has 0 spiro atoms. The molecule has 1 unspecified atom stereocenters. The maximum Gasteiger partial charge on any atom is 0.327 e. The van der Waals surface area contributed by atoms with Crippen LogP contribution in [-0.4, -0.2) is 83.8 Å². The Morgan fingerprint density at radius 3 is 2.67 bits per heavy atom. The maximum atomic E-state index is 15.7. The number of hydrogen-bond donors (Lipinski definition) is 2. The second-order valence-electron chi connectivity index (χ2n) is 10.9. The highest BCUT2D eigenvalue weighted by molar-refractivity contribution is 6.17. The number of piperazine rings is 1. The van der Waals surface area contributed by atoms with E-state index in [0.717, 1.165) is 50.8 Å². The number of aromatic nitrogens is 3. The van der Waals surface area contributed by atoms with E-state index in [4.69, 9.17) is 4.74 Å². The number of urea groups is 1. The molecule has 0 bridgehead atoms. The summed E-state index contributed by atoms with van der Waals surface area (Å²) in [7, 11) is 0. The first-order valence-corrected chi connectivity index (χ1v) is 13.8. The number of carbonyl (C=O) groups is 2. The van der Waals surface area contributed by atoms with Gasteiger partial charge in [0.1, 0.15) is 17.8 Å². The molecule has 3 amide bonds. The maximum absolute atomic E-state index is 15.7. The molecule has 40 heavy (non-hydrogen) atoms. The molecule has 0 radical (unpaired) electrons. The summed E-state index contributed by atoms with van der Waals surface area (Å²) in [5.74, 6) is 0.756. The summed E-state index contributed by atoms with van der Waals surface area (Å²) in [5.41, 5.74) is 3.50. The van der Waals surface area contributed by atoms with E-state index in [1.807, 2.05) is 19.9 Å². The minimum Gasteiger partial charge on any atom is -0.381 e. The Morgan fingerprint density at radius 2 is 1.95 bits per heavy atom. The van der Waals surface area contributed by atoms with E-state index in [1.165, 1.54) is 11.2 Å². The summed E-state index contributed by atoms with van der Waals surface area (Å²) in [6.45, 7) is 9.01. The number of hydrogen-bond acceptors (Lipinski definition) is 8. The van der Waals surface area contributed by atoms with Crippen LogP contribution in [0.2, 0.25) is 0 Å². The Hall–Kier alpha value is -3.90. The second kappa shape index (κ2) is 9.63. The summed E-state index contributed by atoms with van der Waals surface area (Å²) in [5, 5.41) is 6.34. The minimum atomic E-state index is -0.439. The Kier molecular flexibility index (Phi) is 6.04. The van der Waals surface area contributed by atoms with Gasteiger partial charge < -0.3 is 20.3 Å². The van der Waals surface area contributed by atoms with Crippen molar-refractivity contribution < 1.29 is 18.7 Å². The Labute approximate surface area is 230 Å². The molecule has 11 nitrogen and oxygen atoms in total. The number of aryl methyl sites for hydroxylation is 1. The van der Waals surface area contributed by atoms with Crippen molar-refractivity contribution >= 4 is 40.0 Å².